The van der Waals surface area contributed by atoms with Crippen LogP contribution in [0.4, 0.5) is 24.5 Å². The molecular weight excluding hydrogens is 908 g/mol. The van der Waals surface area contributed by atoms with E-state index in [0.717, 1.165) is 24.5 Å². The molecule has 6 aromatic carbocycles. The molecule has 1 amide bonds. The Morgan fingerprint density at radius 1 is 0.750 bits per heavy atom. The molecule has 0 radical (unpaired) electrons. The van der Waals surface area contributed by atoms with Crippen LogP contribution in [-0.4, -0.2) is 30.7 Å². The quantitative estimate of drug-likeness (QED) is 0.0989. The fraction of sp³-hybridized carbons (Fsp3) is 0.0800. The Labute approximate surface area is 382 Å². The lowest BCUT2D eigenvalue weighted by molar-refractivity contribution is -0.137. The largest absolute Gasteiger partial charge is 0.508 e. The Morgan fingerprint density at radius 3 is 2.21 bits per heavy atom. The normalized spacial score (nSPS) is 12.2. The van der Waals surface area contributed by atoms with Crippen LogP contribution >= 0.6 is 0 Å². The van der Waals surface area contributed by atoms with E-state index in [4.69, 9.17) is 22.7 Å². The Morgan fingerprint density at radius 2 is 1.47 bits per heavy atom. The van der Waals surface area contributed by atoms with Crippen molar-refractivity contribution in [2.24, 2.45) is 0 Å². The highest BCUT2D eigenvalue weighted by Crippen LogP contribution is 2.36. The average molecular weight is 942 g/mol. The summed E-state index contributed by atoms with van der Waals surface area (Å²) in [7, 11) is -3.64. The van der Waals surface area contributed by atoms with Gasteiger partial charge < -0.3 is 33.1 Å². The predicted molar refractivity (Wildman–Crippen MR) is 246 cm³/mol. The van der Waals surface area contributed by atoms with Gasteiger partial charge in [-0.1, -0.05) is 42.5 Å². The number of phenols is 1. The number of nitrogens with one attached hydrogen (secondary N) is 2. The molecule has 3 heterocycles. The van der Waals surface area contributed by atoms with E-state index >= 15 is 0 Å². The molecule has 3 N–H and O–H groups in total. The Hall–Kier alpha value is -8.64. The van der Waals surface area contributed by atoms with E-state index in [1.807, 2.05) is 30.3 Å². The van der Waals surface area contributed by atoms with Crippen LogP contribution in [0.5, 0.6) is 17.2 Å². The van der Waals surface area contributed by atoms with Crippen LogP contribution in [-0.2, 0) is 27.6 Å². The molecular formula is C50H34F3N3O11S. The van der Waals surface area contributed by atoms with E-state index in [1.54, 1.807) is 12.1 Å². The summed E-state index contributed by atoms with van der Waals surface area (Å²) in [5, 5.41) is 12.4. The molecule has 0 aliphatic rings. The van der Waals surface area contributed by atoms with Crippen molar-refractivity contribution in [3.63, 3.8) is 0 Å². The number of rotatable bonds is 13. The number of hydrogen-bond donors (Lipinski definition) is 3. The number of oxazole rings is 1. The minimum Gasteiger partial charge on any atom is -0.508 e. The van der Waals surface area contributed by atoms with Crippen LogP contribution < -0.4 is 30.4 Å². The number of anilines is 2. The van der Waals surface area contributed by atoms with E-state index in [-0.39, 0.29) is 79.6 Å². The van der Waals surface area contributed by atoms with Crippen molar-refractivity contribution in [3.8, 4) is 51.2 Å². The van der Waals surface area contributed by atoms with Crippen molar-refractivity contribution < 1.29 is 54.2 Å². The summed E-state index contributed by atoms with van der Waals surface area (Å²) < 4.78 is 97.6. The summed E-state index contributed by atoms with van der Waals surface area (Å²) >= 11 is 0. The number of carbonyl (C=O) groups excluding carboxylic acids is 1. The average Bonchev–Trinajstić information content (AvgIpc) is 3.80. The minimum absolute atomic E-state index is 0.00180. The molecule has 14 nitrogen and oxygen atoms in total. The first kappa shape index (κ1) is 44.6. The van der Waals surface area contributed by atoms with Gasteiger partial charge in [0.15, 0.2) is 11.2 Å². The molecule has 68 heavy (non-hydrogen) atoms. The number of benzene rings is 6. The summed E-state index contributed by atoms with van der Waals surface area (Å²) in [5.74, 6) is -0.906. The van der Waals surface area contributed by atoms with Crippen LogP contribution in [0.3, 0.4) is 0 Å². The van der Waals surface area contributed by atoms with Gasteiger partial charge in [0, 0.05) is 34.1 Å². The second kappa shape index (κ2) is 18.0. The maximum Gasteiger partial charge on any atom is 0.416 e. The second-order valence-corrected chi connectivity index (χ2v) is 17.1. The van der Waals surface area contributed by atoms with Crippen molar-refractivity contribution >= 4 is 49.2 Å². The Bertz CT molecular complexity index is 3590. The van der Waals surface area contributed by atoms with Crippen molar-refractivity contribution in [1.82, 2.24) is 4.98 Å². The summed E-state index contributed by atoms with van der Waals surface area (Å²) in [6.07, 6.45) is -2.74. The lowest BCUT2D eigenvalue weighted by Gasteiger charge is -2.20. The number of alkyl halides is 3. The minimum atomic E-state index is -4.71. The topological polar surface area (TPSA) is 200 Å². The molecule has 342 valence electrons. The molecule has 0 fully saturated rings. The molecule has 9 rings (SSSR count). The number of aromatic hydroxyl groups is 1. The number of ether oxygens (including phenoxy) is 2. The van der Waals surface area contributed by atoms with Crippen molar-refractivity contribution in [2.45, 2.75) is 18.9 Å². The van der Waals surface area contributed by atoms with Crippen LogP contribution in [0, 0.1) is 0 Å². The van der Waals surface area contributed by atoms with Crippen LogP contribution in [0.1, 0.15) is 22.9 Å². The van der Waals surface area contributed by atoms with Crippen molar-refractivity contribution in [3.05, 3.63) is 189 Å². The summed E-state index contributed by atoms with van der Waals surface area (Å²) in [6, 6.07) is 33.3. The first-order valence-corrected chi connectivity index (χ1v) is 22.3. The smallest absolute Gasteiger partial charge is 0.416 e. The number of carbonyl (C=O) groups is 1. The van der Waals surface area contributed by atoms with Gasteiger partial charge in [0.05, 0.1) is 28.2 Å². The van der Waals surface area contributed by atoms with E-state index < -0.39 is 44.6 Å². The molecule has 3 aromatic heterocycles. The van der Waals surface area contributed by atoms with Gasteiger partial charge in [-0.15, -0.1) is 0 Å². The third-order valence-corrected chi connectivity index (χ3v) is 11.0. The zero-order valence-electron chi connectivity index (χ0n) is 35.2. The van der Waals surface area contributed by atoms with Gasteiger partial charge in [0.2, 0.25) is 33.2 Å². The SMILES string of the molecule is CS(=O)(=O)Nc1ccc(-c2oc3cc(C(Oc4ccc5c(=O)c(-c6ccc(O)cc6)coc5c4)C(=O)Nc4cccc(C(F)(F)F)c4)ccc3c(=O)c2OCc2coc(-c3ccccc3)n2)cc1. The highest BCUT2D eigenvalue weighted by atomic mass is 32.2. The Kier molecular flexibility index (Phi) is 11.8. The van der Waals surface area contributed by atoms with Gasteiger partial charge in [-0.25, -0.2) is 13.4 Å². The van der Waals surface area contributed by atoms with Gasteiger partial charge in [-0.05, 0) is 96.6 Å². The van der Waals surface area contributed by atoms with Crippen molar-refractivity contribution in [1.29, 1.82) is 0 Å². The van der Waals surface area contributed by atoms with E-state index in [0.29, 0.717) is 22.7 Å². The molecule has 0 bridgehead atoms. The second-order valence-electron chi connectivity index (χ2n) is 15.3. The number of fused-ring (bicyclic) bond motifs is 2. The number of nitrogens with zero attached hydrogens (tertiary/aromatic N) is 1. The van der Waals surface area contributed by atoms with Gasteiger partial charge in [0.1, 0.15) is 47.5 Å². The molecule has 18 heteroatoms. The highest BCUT2D eigenvalue weighted by Gasteiger charge is 2.32. The molecule has 0 saturated carbocycles. The van der Waals surface area contributed by atoms with E-state index in [9.17, 15) is 41.1 Å². The molecule has 0 aliphatic heterocycles. The summed E-state index contributed by atoms with van der Waals surface area (Å²) in [6.45, 7) is -0.235. The maximum absolute atomic E-state index is 14.4. The van der Waals surface area contributed by atoms with Crippen LogP contribution in [0.15, 0.2) is 175 Å². The molecule has 0 aliphatic carbocycles. The molecule has 0 saturated heterocycles. The summed E-state index contributed by atoms with van der Waals surface area (Å²) in [4.78, 5) is 46.6. The molecule has 9 aromatic rings. The number of halogens is 3. The standard InChI is InChI=1S/C50H34F3N3O11S/c1-68(61,62)56-33-15-10-29(11-16-33)45-47(64-25-35-26-65-49(55-35)30-6-3-2-4-7-30)44(59)39-20-14-31(22-42(39)67-45)46(48(60)54-34-9-5-8-32(23-34)50(51,52)53)66-37-19-21-38-41(24-37)63-27-40(43(38)58)28-12-17-36(57)18-13-28/h2-24,26-27,46,56-57H,25H2,1H3,(H,54,60). The van der Waals surface area contributed by atoms with E-state index in [2.05, 4.69) is 15.0 Å². The third-order valence-electron chi connectivity index (χ3n) is 10.4. The number of amides is 1. The van der Waals surface area contributed by atoms with Crippen LogP contribution in [0.25, 0.3) is 55.8 Å². The number of phenolic OH excluding ortho intramolecular Hbond substituents is 1. The lowest BCUT2D eigenvalue weighted by Crippen LogP contribution is -2.26. The lowest BCUT2D eigenvalue weighted by atomic mass is 10.0. The Balaban J connectivity index is 1.11. The van der Waals surface area contributed by atoms with E-state index in [1.165, 1.54) is 91.4 Å². The fourth-order valence-corrected chi connectivity index (χ4v) is 7.79. The third kappa shape index (κ3) is 9.66. The van der Waals surface area contributed by atoms with Gasteiger partial charge in [0.25, 0.3) is 5.91 Å². The number of sulfonamides is 1. The van der Waals surface area contributed by atoms with Gasteiger partial charge in [-0.3, -0.25) is 19.1 Å². The zero-order valence-corrected chi connectivity index (χ0v) is 36.1. The first-order chi connectivity index (χ1) is 32.6. The summed E-state index contributed by atoms with van der Waals surface area (Å²) in [5.41, 5.74) is 0.115. The zero-order chi connectivity index (χ0) is 47.7. The first-order valence-electron chi connectivity index (χ1n) is 20.4. The van der Waals surface area contributed by atoms with Gasteiger partial charge in [-0.2, -0.15) is 13.2 Å². The maximum atomic E-state index is 14.4. The van der Waals surface area contributed by atoms with Crippen molar-refractivity contribution in [2.75, 3.05) is 16.3 Å². The number of hydrogen-bond acceptors (Lipinski definition) is 12. The van der Waals surface area contributed by atoms with Crippen LogP contribution in [0.2, 0.25) is 0 Å². The fourth-order valence-electron chi connectivity index (χ4n) is 7.23. The molecule has 1 atom stereocenters. The molecule has 1 unspecified atom stereocenters. The highest BCUT2D eigenvalue weighted by molar-refractivity contribution is 7.92. The monoisotopic (exact) mass is 941 g/mol. The van der Waals surface area contributed by atoms with Gasteiger partial charge >= 0.3 is 6.18 Å². The molecule has 0 spiro atoms. The number of aromatic nitrogens is 1. The predicted octanol–water partition coefficient (Wildman–Crippen LogP) is 10.3.